The Labute approximate surface area is 252 Å². The summed E-state index contributed by atoms with van der Waals surface area (Å²) in [5.41, 5.74) is -0.947. The quantitative estimate of drug-likeness (QED) is 0.124. The highest BCUT2D eigenvalue weighted by molar-refractivity contribution is 7.79. The minimum absolute atomic E-state index is 0.0276. The fraction of sp³-hybridized carbons (Fsp3) is 0.250. The first-order valence-corrected chi connectivity index (χ1v) is 13.6. The maximum Gasteiger partial charge on any atom is 0.416 e. The average molecular weight is 615 g/mol. The van der Waals surface area contributed by atoms with Gasteiger partial charge < -0.3 is 28.1 Å². The summed E-state index contributed by atoms with van der Waals surface area (Å²) in [6, 6.07) is 21.8. The topological polar surface area (TPSA) is 76.4 Å². The standard InChI is InChI=1S/C32H29F3O7S/c1-4-37-29(36)31(2,3)42-26-16-14-24(15-17-26)38-20-28-22(19-39-30(43)40-25-8-6-5-7-9-25)18-27(41-28)21-10-12-23(13-11-21)32(33,34)35/h5-18H,4,19-20H2,1-3H3. The van der Waals surface area contributed by atoms with E-state index in [0.29, 0.717) is 39.9 Å². The van der Waals surface area contributed by atoms with Crippen LogP contribution in [0.4, 0.5) is 13.2 Å². The summed E-state index contributed by atoms with van der Waals surface area (Å²) in [4.78, 5) is 12.1. The van der Waals surface area contributed by atoms with Crippen LogP contribution < -0.4 is 14.2 Å². The number of halogens is 3. The molecule has 7 nitrogen and oxygen atoms in total. The third-order valence-electron chi connectivity index (χ3n) is 6.02. The number of ether oxygens (including phenoxy) is 5. The molecule has 1 heterocycles. The van der Waals surface area contributed by atoms with Gasteiger partial charge in [0.1, 0.15) is 42.0 Å². The first-order chi connectivity index (χ1) is 20.4. The Kier molecular flexibility index (Phi) is 9.97. The molecule has 0 bridgehead atoms. The monoisotopic (exact) mass is 614 g/mol. The first-order valence-electron chi connectivity index (χ1n) is 13.2. The van der Waals surface area contributed by atoms with Crippen molar-refractivity contribution in [3.05, 3.63) is 102 Å². The van der Waals surface area contributed by atoms with Gasteiger partial charge in [0, 0.05) is 23.3 Å². The number of hydrogen-bond acceptors (Lipinski definition) is 8. The van der Waals surface area contributed by atoms with Crippen LogP contribution in [0.1, 0.15) is 37.7 Å². The van der Waals surface area contributed by atoms with Crippen LogP contribution in [0.15, 0.2) is 89.3 Å². The first kappa shape index (κ1) is 31.4. The van der Waals surface area contributed by atoms with E-state index in [9.17, 15) is 18.0 Å². The molecule has 0 unspecified atom stereocenters. The molecule has 11 heteroatoms. The maximum atomic E-state index is 13.0. The van der Waals surface area contributed by atoms with Crippen LogP contribution in [-0.4, -0.2) is 23.4 Å². The van der Waals surface area contributed by atoms with Gasteiger partial charge in [-0.25, -0.2) is 4.79 Å². The van der Waals surface area contributed by atoms with Gasteiger partial charge in [-0.2, -0.15) is 13.2 Å². The Hall–Kier alpha value is -4.51. The summed E-state index contributed by atoms with van der Waals surface area (Å²) in [7, 11) is 0. The molecule has 0 amide bonds. The molecule has 4 rings (SSSR count). The van der Waals surface area contributed by atoms with E-state index < -0.39 is 23.3 Å². The van der Waals surface area contributed by atoms with Crippen LogP contribution >= 0.6 is 12.2 Å². The van der Waals surface area contributed by atoms with Crippen LogP contribution in [0, 0.1) is 0 Å². The highest BCUT2D eigenvalue weighted by Gasteiger charge is 2.32. The lowest BCUT2D eigenvalue weighted by Gasteiger charge is -2.24. The molecule has 4 aromatic rings. The van der Waals surface area contributed by atoms with E-state index in [1.54, 1.807) is 75.4 Å². The molecular formula is C32H29F3O7S. The molecule has 3 aromatic carbocycles. The molecule has 0 aliphatic heterocycles. The number of alkyl halides is 3. The van der Waals surface area contributed by atoms with Crippen molar-refractivity contribution in [1.82, 2.24) is 0 Å². The predicted octanol–water partition coefficient (Wildman–Crippen LogP) is 8.15. The number of thiocarbonyl (C=S) groups is 1. The fourth-order valence-corrected chi connectivity index (χ4v) is 3.98. The molecule has 0 saturated heterocycles. The Morgan fingerprint density at radius 3 is 2.12 bits per heavy atom. The zero-order chi connectivity index (χ0) is 31.0. The number of benzene rings is 3. The molecule has 0 aliphatic rings. The van der Waals surface area contributed by atoms with E-state index in [2.05, 4.69) is 0 Å². The van der Waals surface area contributed by atoms with Gasteiger partial charge in [-0.05, 0) is 75.4 Å². The van der Waals surface area contributed by atoms with E-state index in [-0.39, 0.29) is 25.1 Å². The average Bonchev–Trinajstić information content (AvgIpc) is 3.39. The Bertz CT molecular complexity index is 1510. The molecule has 0 spiro atoms. The minimum Gasteiger partial charge on any atom is -0.486 e. The molecule has 0 aliphatic carbocycles. The zero-order valence-electron chi connectivity index (χ0n) is 23.6. The molecule has 0 atom stereocenters. The molecular weight excluding hydrogens is 585 g/mol. The summed E-state index contributed by atoms with van der Waals surface area (Å²) in [6.07, 6.45) is -4.46. The summed E-state index contributed by atoms with van der Waals surface area (Å²) in [5, 5.41) is -0.114. The van der Waals surface area contributed by atoms with Crippen LogP contribution in [0.25, 0.3) is 11.3 Å². The van der Waals surface area contributed by atoms with Crippen molar-refractivity contribution >= 4 is 23.4 Å². The summed E-state index contributed by atoms with van der Waals surface area (Å²) >= 11 is 5.20. The Morgan fingerprint density at radius 2 is 1.49 bits per heavy atom. The number of esters is 1. The van der Waals surface area contributed by atoms with E-state index in [4.69, 9.17) is 40.3 Å². The van der Waals surface area contributed by atoms with Crippen molar-refractivity contribution in [1.29, 1.82) is 0 Å². The predicted molar refractivity (Wildman–Crippen MR) is 156 cm³/mol. The van der Waals surface area contributed by atoms with Gasteiger partial charge in [0.15, 0.2) is 5.60 Å². The SMILES string of the molecule is CCOC(=O)C(C)(C)Oc1ccc(OCc2oc(-c3ccc(C(F)(F)F)cc3)cc2COC(=S)Oc2ccccc2)cc1. The van der Waals surface area contributed by atoms with Crippen molar-refractivity contribution in [2.75, 3.05) is 6.61 Å². The fourth-order valence-electron chi connectivity index (χ4n) is 3.82. The number of para-hydroxylation sites is 1. The number of furan rings is 1. The van der Waals surface area contributed by atoms with Gasteiger partial charge in [0.25, 0.3) is 0 Å². The van der Waals surface area contributed by atoms with Crippen LogP contribution in [0.5, 0.6) is 17.2 Å². The molecule has 0 fully saturated rings. The zero-order valence-corrected chi connectivity index (χ0v) is 24.4. The molecule has 0 radical (unpaired) electrons. The van der Waals surface area contributed by atoms with Crippen molar-refractivity contribution < 1.29 is 46.1 Å². The second kappa shape index (κ2) is 13.6. The number of hydrogen-bond donors (Lipinski definition) is 0. The minimum atomic E-state index is -4.46. The van der Waals surface area contributed by atoms with Gasteiger partial charge >= 0.3 is 17.4 Å². The van der Waals surface area contributed by atoms with Gasteiger partial charge in [0.05, 0.1) is 12.2 Å². The van der Waals surface area contributed by atoms with Gasteiger partial charge in [0.2, 0.25) is 0 Å². The second-order valence-corrected chi connectivity index (χ2v) is 10.0. The Balaban J connectivity index is 1.48. The molecule has 226 valence electrons. The summed E-state index contributed by atoms with van der Waals surface area (Å²) < 4.78 is 73.0. The van der Waals surface area contributed by atoms with Crippen molar-refractivity contribution in [2.24, 2.45) is 0 Å². The van der Waals surface area contributed by atoms with Crippen LogP contribution in [0.2, 0.25) is 0 Å². The van der Waals surface area contributed by atoms with E-state index in [1.807, 2.05) is 6.07 Å². The van der Waals surface area contributed by atoms with Crippen molar-refractivity contribution in [2.45, 2.75) is 45.8 Å². The molecule has 43 heavy (non-hydrogen) atoms. The summed E-state index contributed by atoms with van der Waals surface area (Å²) in [5.74, 6) is 1.64. The van der Waals surface area contributed by atoms with Crippen molar-refractivity contribution in [3.8, 4) is 28.6 Å². The van der Waals surface area contributed by atoms with Gasteiger partial charge in [-0.1, -0.05) is 30.3 Å². The van der Waals surface area contributed by atoms with Crippen molar-refractivity contribution in [3.63, 3.8) is 0 Å². The Morgan fingerprint density at radius 1 is 0.837 bits per heavy atom. The lowest BCUT2D eigenvalue weighted by Crippen LogP contribution is -2.39. The molecule has 1 aromatic heterocycles. The largest absolute Gasteiger partial charge is 0.486 e. The molecule has 0 saturated carbocycles. The summed E-state index contributed by atoms with van der Waals surface area (Å²) in [6.45, 7) is 5.12. The van der Waals surface area contributed by atoms with E-state index >= 15 is 0 Å². The normalized spacial score (nSPS) is 11.5. The lowest BCUT2D eigenvalue weighted by atomic mass is 10.1. The molecule has 0 N–H and O–H groups in total. The number of rotatable bonds is 11. The maximum absolute atomic E-state index is 13.0. The smallest absolute Gasteiger partial charge is 0.416 e. The third kappa shape index (κ3) is 8.74. The highest BCUT2D eigenvalue weighted by atomic mass is 32.1. The second-order valence-electron chi connectivity index (χ2n) is 9.68. The van der Waals surface area contributed by atoms with E-state index in [0.717, 1.165) is 12.1 Å². The van der Waals surface area contributed by atoms with Crippen LogP contribution in [-0.2, 0) is 33.7 Å². The third-order valence-corrected chi connectivity index (χ3v) is 6.22. The highest BCUT2D eigenvalue weighted by Crippen LogP contribution is 2.33. The van der Waals surface area contributed by atoms with E-state index in [1.165, 1.54) is 12.1 Å². The number of carbonyl (C=O) groups is 1. The van der Waals surface area contributed by atoms with Gasteiger partial charge in [-0.3, -0.25) is 0 Å². The lowest BCUT2D eigenvalue weighted by molar-refractivity contribution is -0.158. The van der Waals surface area contributed by atoms with Gasteiger partial charge in [-0.15, -0.1) is 0 Å². The number of carbonyl (C=O) groups excluding carboxylic acids is 1. The van der Waals surface area contributed by atoms with Crippen LogP contribution in [0.3, 0.4) is 0 Å².